The van der Waals surface area contributed by atoms with Gasteiger partial charge in [-0.2, -0.15) is 0 Å². The van der Waals surface area contributed by atoms with Gasteiger partial charge in [-0.05, 0) is 45.7 Å². The van der Waals surface area contributed by atoms with Gasteiger partial charge in [0.1, 0.15) is 0 Å². The van der Waals surface area contributed by atoms with Crippen LogP contribution in [-0.4, -0.2) is 24.5 Å². The topological polar surface area (TPSA) is 24.7 Å². The highest BCUT2D eigenvalue weighted by Crippen LogP contribution is 1.96. The van der Waals surface area contributed by atoms with Crippen LogP contribution in [0.4, 0.5) is 0 Å². The molecule has 0 aromatic rings. The van der Waals surface area contributed by atoms with Crippen LogP contribution in [-0.2, 0) is 0 Å². The Kier molecular flexibility index (Phi) is 7.35. The van der Waals surface area contributed by atoms with Crippen molar-refractivity contribution in [2.75, 3.05) is 6.54 Å². The third-order valence-electron chi connectivity index (χ3n) is 1.71. The first-order valence-corrected chi connectivity index (χ1v) is 5.54. The average molecular weight is 196 g/mol. The fraction of sp³-hybridized carbons (Fsp3) is 0.833. The first kappa shape index (κ1) is 13.3. The van der Waals surface area contributed by atoms with Gasteiger partial charge < -0.3 is 0 Å². The molecule has 82 valence electrons. The minimum atomic E-state index is 0.419. The smallest absolute Gasteiger partial charge is 0.0442 e. The van der Waals surface area contributed by atoms with Gasteiger partial charge in [0.05, 0.1) is 0 Å². The molecule has 0 unspecified atom stereocenters. The lowest BCUT2D eigenvalue weighted by Gasteiger charge is -2.01. The van der Waals surface area contributed by atoms with E-state index in [0.717, 1.165) is 19.4 Å². The van der Waals surface area contributed by atoms with Gasteiger partial charge in [-0.1, -0.05) is 13.8 Å². The molecule has 0 atom stereocenters. The fourth-order valence-electron chi connectivity index (χ4n) is 1.16. The number of aliphatic imine (C=N–C) groups is 2. The van der Waals surface area contributed by atoms with Crippen LogP contribution in [0.25, 0.3) is 0 Å². The standard InChI is InChI=1S/C12H24N2/c1-10(2)9-13-8-6-7-12(5)14-11(3)4/h8,10-11H,6-7,9H2,1-5H3. The van der Waals surface area contributed by atoms with Crippen molar-refractivity contribution < 1.29 is 0 Å². The molecule has 0 saturated carbocycles. The number of hydrogen-bond donors (Lipinski definition) is 0. The van der Waals surface area contributed by atoms with E-state index in [1.165, 1.54) is 5.71 Å². The molecule has 2 heteroatoms. The maximum absolute atomic E-state index is 4.47. The van der Waals surface area contributed by atoms with Crippen LogP contribution in [0.1, 0.15) is 47.5 Å². The third kappa shape index (κ3) is 9.43. The van der Waals surface area contributed by atoms with E-state index in [4.69, 9.17) is 0 Å². The molecule has 0 amide bonds. The van der Waals surface area contributed by atoms with Crippen molar-refractivity contribution in [1.29, 1.82) is 0 Å². The van der Waals surface area contributed by atoms with E-state index in [9.17, 15) is 0 Å². The number of nitrogens with zero attached hydrogens (tertiary/aromatic N) is 2. The fourth-order valence-corrected chi connectivity index (χ4v) is 1.16. The van der Waals surface area contributed by atoms with E-state index in [-0.39, 0.29) is 0 Å². The predicted molar refractivity (Wildman–Crippen MR) is 65.7 cm³/mol. The highest BCUT2D eigenvalue weighted by Gasteiger charge is 1.93. The van der Waals surface area contributed by atoms with Crippen LogP contribution in [0.15, 0.2) is 9.98 Å². The zero-order valence-electron chi connectivity index (χ0n) is 10.2. The Morgan fingerprint density at radius 2 is 1.86 bits per heavy atom. The van der Waals surface area contributed by atoms with E-state index < -0.39 is 0 Å². The summed E-state index contributed by atoms with van der Waals surface area (Å²) in [5.41, 5.74) is 1.23. The maximum atomic E-state index is 4.47. The van der Waals surface area contributed by atoms with Crippen molar-refractivity contribution >= 4 is 11.9 Å². The Morgan fingerprint density at radius 3 is 2.36 bits per heavy atom. The van der Waals surface area contributed by atoms with Gasteiger partial charge >= 0.3 is 0 Å². The Morgan fingerprint density at radius 1 is 1.21 bits per heavy atom. The number of hydrogen-bond acceptors (Lipinski definition) is 2. The third-order valence-corrected chi connectivity index (χ3v) is 1.71. The van der Waals surface area contributed by atoms with Crippen molar-refractivity contribution in [3.8, 4) is 0 Å². The molecule has 0 aliphatic carbocycles. The highest BCUT2D eigenvalue weighted by molar-refractivity contribution is 5.84. The molecule has 14 heavy (non-hydrogen) atoms. The Hall–Kier alpha value is -0.660. The minimum Gasteiger partial charge on any atom is -0.297 e. The van der Waals surface area contributed by atoms with E-state index in [1.54, 1.807) is 0 Å². The first-order valence-electron chi connectivity index (χ1n) is 5.54. The van der Waals surface area contributed by atoms with Gasteiger partial charge in [0.25, 0.3) is 0 Å². The van der Waals surface area contributed by atoms with Gasteiger partial charge in [0.2, 0.25) is 0 Å². The maximum Gasteiger partial charge on any atom is 0.0442 e. The molecule has 0 spiro atoms. The second kappa shape index (κ2) is 7.72. The summed E-state index contributed by atoms with van der Waals surface area (Å²) in [6.07, 6.45) is 4.09. The second-order valence-electron chi connectivity index (χ2n) is 4.44. The van der Waals surface area contributed by atoms with Crippen molar-refractivity contribution in [2.45, 2.75) is 53.5 Å². The van der Waals surface area contributed by atoms with Crippen LogP contribution in [0.5, 0.6) is 0 Å². The monoisotopic (exact) mass is 196 g/mol. The highest BCUT2D eigenvalue weighted by atomic mass is 14.8. The molecule has 0 fully saturated rings. The van der Waals surface area contributed by atoms with Crippen molar-refractivity contribution in [3.05, 3.63) is 0 Å². The van der Waals surface area contributed by atoms with E-state index >= 15 is 0 Å². The quantitative estimate of drug-likeness (QED) is 0.582. The molecule has 0 aromatic heterocycles. The first-order chi connectivity index (χ1) is 6.52. The molecule has 0 aromatic carbocycles. The molecule has 0 aliphatic rings. The summed E-state index contributed by atoms with van der Waals surface area (Å²) in [6.45, 7) is 11.6. The molecule has 0 rings (SSSR count). The molecule has 0 N–H and O–H groups in total. The molecule has 0 aliphatic heterocycles. The molecular weight excluding hydrogens is 172 g/mol. The molecule has 0 bridgehead atoms. The molecule has 0 saturated heterocycles. The van der Waals surface area contributed by atoms with Gasteiger partial charge in [-0.3, -0.25) is 9.98 Å². The molecular formula is C12H24N2. The lowest BCUT2D eigenvalue weighted by molar-refractivity contribution is 0.666. The summed E-state index contributed by atoms with van der Waals surface area (Å²) in [5.74, 6) is 0.664. The zero-order valence-corrected chi connectivity index (χ0v) is 10.2. The summed E-state index contributed by atoms with van der Waals surface area (Å²) in [7, 11) is 0. The summed E-state index contributed by atoms with van der Waals surface area (Å²) in [6, 6.07) is 0.419. The molecule has 0 radical (unpaired) electrons. The predicted octanol–water partition coefficient (Wildman–Crippen LogP) is 3.36. The lowest BCUT2D eigenvalue weighted by Crippen LogP contribution is -1.99. The van der Waals surface area contributed by atoms with Crippen molar-refractivity contribution in [2.24, 2.45) is 15.9 Å². The zero-order chi connectivity index (χ0) is 11.0. The van der Waals surface area contributed by atoms with E-state index in [2.05, 4.69) is 44.6 Å². The van der Waals surface area contributed by atoms with Crippen LogP contribution in [0.2, 0.25) is 0 Å². The Balaban J connectivity index is 3.58. The van der Waals surface area contributed by atoms with Crippen LogP contribution >= 0.6 is 0 Å². The van der Waals surface area contributed by atoms with Gasteiger partial charge in [-0.15, -0.1) is 0 Å². The lowest BCUT2D eigenvalue weighted by atomic mass is 10.2. The minimum absolute atomic E-state index is 0.419. The Bertz CT molecular complexity index is 190. The summed E-state index contributed by atoms with van der Waals surface area (Å²) in [4.78, 5) is 8.81. The van der Waals surface area contributed by atoms with E-state index in [0.29, 0.717) is 12.0 Å². The summed E-state index contributed by atoms with van der Waals surface area (Å²) >= 11 is 0. The van der Waals surface area contributed by atoms with Gasteiger partial charge in [0.15, 0.2) is 0 Å². The van der Waals surface area contributed by atoms with Gasteiger partial charge in [-0.25, -0.2) is 0 Å². The Labute approximate surface area is 88.5 Å². The normalized spacial score (nSPS) is 13.5. The van der Waals surface area contributed by atoms with Crippen molar-refractivity contribution in [3.63, 3.8) is 0 Å². The summed E-state index contributed by atoms with van der Waals surface area (Å²) < 4.78 is 0. The van der Waals surface area contributed by atoms with E-state index in [1.807, 2.05) is 6.21 Å². The van der Waals surface area contributed by atoms with Crippen LogP contribution in [0.3, 0.4) is 0 Å². The molecule has 0 heterocycles. The van der Waals surface area contributed by atoms with Gasteiger partial charge in [0, 0.05) is 18.3 Å². The number of rotatable bonds is 6. The average Bonchev–Trinajstić information content (AvgIpc) is 2.01. The molecule has 2 nitrogen and oxygen atoms in total. The van der Waals surface area contributed by atoms with Crippen LogP contribution < -0.4 is 0 Å². The van der Waals surface area contributed by atoms with Crippen LogP contribution in [0, 0.1) is 5.92 Å². The summed E-state index contributed by atoms with van der Waals surface area (Å²) in [5, 5.41) is 0. The van der Waals surface area contributed by atoms with Crippen molar-refractivity contribution in [1.82, 2.24) is 0 Å². The second-order valence-corrected chi connectivity index (χ2v) is 4.44. The SMILES string of the molecule is CC(CCC=NCC(C)C)=NC(C)C. The largest absolute Gasteiger partial charge is 0.297 e.